The van der Waals surface area contributed by atoms with E-state index in [9.17, 15) is 10.2 Å². The molecule has 2 rings (SSSR count). The molecule has 0 radical (unpaired) electrons. The van der Waals surface area contributed by atoms with Crippen molar-refractivity contribution in [1.29, 1.82) is 0 Å². The van der Waals surface area contributed by atoms with Crippen LogP contribution >= 0.6 is 0 Å². The molecule has 0 heterocycles. The SMILES string of the molecule is C=Cc1c(O)cc(O)c2ccccc12. The number of aromatic hydroxyl groups is 2. The van der Waals surface area contributed by atoms with E-state index in [1.54, 1.807) is 12.1 Å². The van der Waals surface area contributed by atoms with Crippen LogP contribution in [0.5, 0.6) is 11.5 Å². The Hall–Kier alpha value is -1.96. The molecule has 0 unspecified atom stereocenters. The lowest BCUT2D eigenvalue weighted by Crippen LogP contribution is -1.80. The van der Waals surface area contributed by atoms with Crippen molar-refractivity contribution in [3.8, 4) is 11.5 Å². The molecule has 0 spiro atoms. The van der Waals surface area contributed by atoms with Crippen LogP contribution < -0.4 is 0 Å². The lowest BCUT2D eigenvalue weighted by molar-refractivity contribution is 0.454. The topological polar surface area (TPSA) is 40.5 Å². The predicted octanol–water partition coefficient (Wildman–Crippen LogP) is 2.89. The monoisotopic (exact) mass is 186 g/mol. The van der Waals surface area contributed by atoms with Crippen LogP contribution in [0.1, 0.15) is 5.56 Å². The second kappa shape index (κ2) is 3.07. The van der Waals surface area contributed by atoms with Gasteiger partial charge in [0, 0.05) is 17.0 Å². The molecular weight excluding hydrogens is 176 g/mol. The normalized spacial score (nSPS) is 10.3. The van der Waals surface area contributed by atoms with Gasteiger partial charge in [-0.15, -0.1) is 0 Å². The number of fused-ring (bicyclic) bond motifs is 1. The van der Waals surface area contributed by atoms with Crippen LogP contribution in [-0.2, 0) is 0 Å². The minimum absolute atomic E-state index is 0.0520. The molecule has 2 aromatic carbocycles. The van der Waals surface area contributed by atoms with Gasteiger partial charge in [0.2, 0.25) is 0 Å². The first-order chi connectivity index (χ1) is 6.74. The van der Waals surface area contributed by atoms with Crippen molar-refractivity contribution in [2.75, 3.05) is 0 Å². The molecule has 2 N–H and O–H groups in total. The Morgan fingerprint density at radius 2 is 1.64 bits per heavy atom. The first kappa shape index (κ1) is 8.63. The van der Waals surface area contributed by atoms with Gasteiger partial charge in [-0.3, -0.25) is 0 Å². The van der Waals surface area contributed by atoms with Crippen molar-refractivity contribution in [3.05, 3.63) is 42.5 Å². The maximum atomic E-state index is 9.58. The number of rotatable bonds is 1. The van der Waals surface area contributed by atoms with Crippen molar-refractivity contribution in [1.82, 2.24) is 0 Å². The summed E-state index contributed by atoms with van der Waals surface area (Å²) in [5, 5.41) is 20.7. The van der Waals surface area contributed by atoms with E-state index in [0.29, 0.717) is 5.56 Å². The first-order valence-electron chi connectivity index (χ1n) is 4.30. The van der Waals surface area contributed by atoms with Gasteiger partial charge in [0.15, 0.2) is 0 Å². The van der Waals surface area contributed by atoms with E-state index >= 15 is 0 Å². The molecule has 0 saturated carbocycles. The highest BCUT2D eigenvalue weighted by molar-refractivity contribution is 5.96. The summed E-state index contributed by atoms with van der Waals surface area (Å²) in [6.07, 6.45) is 1.58. The fraction of sp³-hybridized carbons (Fsp3) is 0. The summed E-state index contributed by atoms with van der Waals surface area (Å²) >= 11 is 0. The third-order valence-electron chi connectivity index (χ3n) is 2.25. The van der Waals surface area contributed by atoms with Gasteiger partial charge in [0.1, 0.15) is 11.5 Å². The van der Waals surface area contributed by atoms with E-state index < -0.39 is 0 Å². The van der Waals surface area contributed by atoms with Gasteiger partial charge in [0.25, 0.3) is 0 Å². The lowest BCUT2D eigenvalue weighted by atomic mass is 10.0. The largest absolute Gasteiger partial charge is 0.507 e. The molecule has 0 amide bonds. The zero-order valence-electron chi connectivity index (χ0n) is 7.57. The van der Waals surface area contributed by atoms with Crippen molar-refractivity contribution >= 4 is 16.8 Å². The van der Waals surface area contributed by atoms with Crippen LogP contribution in [0.4, 0.5) is 0 Å². The second-order valence-corrected chi connectivity index (χ2v) is 3.08. The molecule has 2 heteroatoms. The van der Waals surface area contributed by atoms with Crippen molar-refractivity contribution in [2.45, 2.75) is 0 Å². The van der Waals surface area contributed by atoms with Crippen LogP contribution in [0.15, 0.2) is 36.9 Å². The predicted molar refractivity (Wildman–Crippen MR) is 57.4 cm³/mol. The van der Waals surface area contributed by atoms with Gasteiger partial charge in [-0.05, 0) is 5.39 Å². The quantitative estimate of drug-likeness (QED) is 0.718. The maximum absolute atomic E-state index is 9.58. The van der Waals surface area contributed by atoms with Crippen molar-refractivity contribution in [3.63, 3.8) is 0 Å². The van der Waals surface area contributed by atoms with Crippen LogP contribution in [0.3, 0.4) is 0 Å². The van der Waals surface area contributed by atoms with Gasteiger partial charge < -0.3 is 10.2 Å². The smallest absolute Gasteiger partial charge is 0.127 e. The molecule has 0 aliphatic rings. The Morgan fingerprint density at radius 1 is 1.00 bits per heavy atom. The van der Waals surface area contributed by atoms with Gasteiger partial charge in [-0.2, -0.15) is 0 Å². The minimum Gasteiger partial charge on any atom is -0.507 e. The maximum Gasteiger partial charge on any atom is 0.127 e. The lowest BCUT2D eigenvalue weighted by Gasteiger charge is -2.06. The van der Waals surface area contributed by atoms with Gasteiger partial charge >= 0.3 is 0 Å². The molecule has 14 heavy (non-hydrogen) atoms. The van der Waals surface area contributed by atoms with Gasteiger partial charge in [-0.25, -0.2) is 0 Å². The van der Waals surface area contributed by atoms with E-state index in [1.165, 1.54) is 6.07 Å². The average molecular weight is 186 g/mol. The summed E-state index contributed by atoms with van der Waals surface area (Å²) in [7, 11) is 0. The third-order valence-corrected chi connectivity index (χ3v) is 2.25. The molecule has 70 valence electrons. The van der Waals surface area contributed by atoms with Crippen LogP contribution in [0.25, 0.3) is 16.8 Å². The van der Waals surface area contributed by atoms with Crippen LogP contribution in [0, 0.1) is 0 Å². The zero-order valence-corrected chi connectivity index (χ0v) is 7.57. The highest BCUT2D eigenvalue weighted by atomic mass is 16.3. The molecule has 0 fully saturated rings. The summed E-state index contributed by atoms with van der Waals surface area (Å²) < 4.78 is 0. The molecule has 0 aromatic heterocycles. The fourth-order valence-corrected chi connectivity index (χ4v) is 1.58. The summed E-state index contributed by atoms with van der Waals surface area (Å²) in [6.45, 7) is 3.63. The van der Waals surface area contributed by atoms with E-state index in [-0.39, 0.29) is 11.5 Å². The highest BCUT2D eigenvalue weighted by Gasteiger charge is 2.07. The van der Waals surface area contributed by atoms with Crippen LogP contribution in [0.2, 0.25) is 0 Å². The Kier molecular flexibility index (Phi) is 1.89. The van der Waals surface area contributed by atoms with Crippen molar-refractivity contribution < 1.29 is 10.2 Å². The Balaban J connectivity index is 2.97. The summed E-state index contributed by atoms with van der Waals surface area (Å²) in [5.74, 6) is 0.139. The third kappa shape index (κ3) is 1.12. The molecule has 2 nitrogen and oxygen atoms in total. The molecule has 0 aliphatic carbocycles. The first-order valence-corrected chi connectivity index (χ1v) is 4.30. The van der Waals surface area contributed by atoms with E-state index in [2.05, 4.69) is 6.58 Å². The number of hydrogen-bond acceptors (Lipinski definition) is 2. The Labute approximate surface area is 81.7 Å². The van der Waals surface area contributed by atoms with Gasteiger partial charge in [-0.1, -0.05) is 36.9 Å². The summed E-state index contributed by atoms with van der Waals surface area (Å²) in [4.78, 5) is 0. The minimum atomic E-state index is 0.0520. The van der Waals surface area contributed by atoms with Gasteiger partial charge in [0.05, 0.1) is 0 Å². The van der Waals surface area contributed by atoms with E-state index in [4.69, 9.17) is 0 Å². The summed E-state index contributed by atoms with van der Waals surface area (Å²) in [5.41, 5.74) is 0.651. The second-order valence-electron chi connectivity index (χ2n) is 3.08. The number of hydrogen-bond donors (Lipinski definition) is 2. The molecule has 0 aliphatic heterocycles. The molecule has 0 atom stereocenters. The zero-order chi connectivity index (χ0) is 10.1. The molecule has 2 aromatic rings. The van der Waals surface area contributed by atoms with E-state index in [0.717, 1.165) is 10.8 Å². The number of phenols is 2. The Bertz CT molecular complexity index is 501. The molecule has 0 bridgehead atoms. The number of benzene rings is 2. The highest BCUT2D eigenvalue weighted by Crippen LogP contribution is 2.34. The standard InChI is InChI=1S/C12H10O2/c1-2-8-9-5-3-4-6-10(9)12(14)7-11(8)13/h2-7,13-14H,1H2. The Morgan fingerprint density at radius 3 is 2.29 bits per heavy atom. The van der Waals surface area contributed by atoms with Crippen LogP contribution in [-0.4, -0.2) is 10.2 Å². The van der Waals surface area contributed by atoms with E-state index in [1.807, 2.05) is 18.2 Å². The molecular formula is C12H10O2. The number of phenolic OH excluding ortho intramolecular Hbond substituents is 2. The fourth-order valence-electron chi connectivity index (χ4n) is 1.58. The summed E-state index contributed by atoms with van der Waals surface area (Å²) in [6, 6.07) is 8.67. The average Bonchev–Trinajstić information content (AvgIpc) is 2.18. The van der Waals surface area contributed by atoms with Crippen molar-refractivity contribution in [2.24, 2.45) is 0 Å². The molecule has 0 saturated heterocycles.